The summed E-state index contributed by atoms with van der Waals surface area (Å²) < 4.78 is 27.7. The van der Waals surface area contributed by atoms with Gasteiger partial charge in [0.25, 0.3) is 5.91 Å². The lowest BCUT2D eigenvalue weighted by Gasteiger charge is -2.12. The van der Waals surface area contributed by atoms with Crippen LogP contribution in [0.2, 0.25) is 0 Å². The fraction of sp³-hybridized carbons (Fsp3) is 0.350. The summed E-state index contributed by atoms with van der Waals surface area (Å²) in [5, 5.41) is 2.85. The first-order valence-corrected chi connectivity index (χ1v) is 10.3. The van der Waals surface area contributed by atoms with Crippen molar-refractivity contribution in [3.8, 4) is 0 Å². The molecule has 0 spiro atoms. The van der Waals surface area contributed by atoms with E-state index in [9.17, 15) is 13.2 Å². The first-order chi connectivity index (χ1) is 12.8. The number of benzene rings is 2. The van der Waals surface area contributed by atoms with Gasteiger partial charge in [0.05, 0.1) is 4.90 Å². The molecule has 7 heteroatoms. The van der Waals surface area contributed by atoms with Crippen molar-refractivity contribution < 1.29 is 13.2 Å². The molecule has 0 unspecified atom stereocenters. The van der Waals surface area contributed by atoms with E-state index < -0.39 is 10.0 Å². The molecule has 0 saturated carbocycles. The molecule has 0 aliphatic rings. The number of amides is 1. The third-order valence-electron chi connectivity index (χ3n) is 4.14. The summed E-state index contributed by atoms with van der Waals surface area (Å²) >= 11 is 0. The van der Waals surface area contributed by atoms with Crippen molar-refractivity contribution in [1.29, 1.82) is 0 Å². The van der Waals surface area contributed by atoms with Crippen molar-refractivity contribution in [3.05, 3.63) is 65.2 Å². The largest absolute Gasteiger partial charge is 0.352 e. The molecule has 2 aromatic rings. The van der Waals surface area contributed by atoms with Crippen LogP contribution in [-0.2, 0) is 16.6 Å². The average molecular weight is 390 g/mol. The molecule has 0 fully saturated rings. The second-order valence-corrected chi connectivity index (χ2v) is 8.47. The molecule has 0 aromatic heterocycles. The van der Waals surface area contributed by atoms with Gasteiger partial charge < -0.3 is 10.2 Å². The van der Waals surface area contributed by atoms with E-state index in [1.807, 2.05) is 49.3 Å². The molecule has 1 amide bonds. The number of hydrogen-bond donors (Lipinski definition) is 2. The van der Waals surface area contributed by atoms with Crippen LogP contribution < -0.4 is 10.0 Å². The molecular weight excluding hydrogens is 362 g/mol. The van der Waals surface area contributed by atoms with Crippen LogP contribution in [0.25, 0.3) is 0 Å². The van der Waals surface area contributed by atoms with Crippen LogP contribution in [0.3, 0.4) is 0 Å². The minimum atomic E-state index is -3.70. The van der Waals surface area contributed by atoms with E-state index in [2.05, 4.69) is 10.0 Å². The molecule has 2 rings (SSSR count). The van der Waals surface area contributed by atoms with Crippen molar-refractivity contribution in [2.24, 2.45) is 0 Å². The van der Waals surface area contributed by atoms with Gasteiger partial charge in [0, 0.05) is 18.7 Å². The number of rotatable bonds is 9. The molecule has 0 bridgehead atoms. The predicted molar refractivity (Wildman–Crippen MR) is 107 cm³/mol. The molecule has 0 saturated heterocycles. The summed E-state index contributed by atoms with van der Waals surface area (Å²) in [6.45, 7) is 3.41. The minimum absolute atomic E-state index is 0.0856. The molecule has 146 valence electrons. The standard InChI is InChI=1S/C20H27N3O3S/c1-16-10-11-18(14-19(16)20(24)21-12-7-13-23(2)3)27(25,26)22-15-17-8-5-4-6-9-17/h4-6,8-11,14,22H,7,12-13,15H2,1-3H3,(H,21,24). The quantitative estimate of drug-likeness (QED) is 0.644. The maximum atomic E-state index is 12.6. The van der Waals surface area contributed by atoms with Gasteiger partial charge in [-0.25, -0.2) is 13.1 Å². The molecule has 0 atom stereocenters. The Bertz CT molecular complexity index is 865. The topological polar surface area (TPSA) is 78.5 Å². The van der Waals surface area contributed by atoms with Crippen molar-refractivity contribution in [2.45, 2.75) is 24.8 Å². The maximum Gasteiger partial charge on any atom is 0.251 e. The van der Waals surface area contributed by atoms with Crippen LogP contribution in [0.4, 0.5) is 0 Å². The highest BCUT2D eigenvalue weighted by Crippen LogP contribution is 2.16. The summed E-state index contributed by atoms with van der Waals surface area (Å²) in [7, 11) is 0.246. The number of nitrogens with zero attached hydrogens (tertiary/aromatic N) is 1. The van der Waals surface area contributed by atoms with Gasteiger partial charge in [0.15, 0.2) is 0 Å². The summed E-state index contributed by atoms with van der Waals surface area (Å²) in [5.41, 5.74) is 1.98. The summed E-state index contributed by atoms with van der Waals surface area (Å²) in [6.07, 6.45) is 0.828. The van der Waals surface area contributed by atoms with Gasteiger partial charge in [0.1, 0.15) is 0 Å². The van der Waals surface area contributed by atoms with Crippen molar-refractivity contribution >= 4 is 15.9 Å². The first kappa shape index (κ1) is 21.1. The molecule has 27 heavy (non-hydrogen) atoms. The van der Waals surface area contributed by atoms with Crippen LogP contribution in [0.1, 0.15) is 27.9 Å². The third-order valence-corrected chi connectivity index (χ3v) is 5.54. The zero-order chi connectivity index (χ0) is 19.9. The number of sulfonamides is 1. The predicted octanol–water partition coefficient (Wildman–Crippen LogP) is 2.16. The Kier molecular flexibility index (Phi) is 7.53. The normalized spacial score (nSPS) is 11.6. The summed E-state index contributed by atoms with van der Waals surface area (Å²) in [5.74, 6) is -0.258. The van der Waals surface area contributed by atoms with E-state index >= 15 is 0 Å². The highest BCUT2D eigenvalue weighted by atomic mass is 32.2. The number of hydrogen-bond acceptors (Lipinski definition) is 4. The molecule has 0 aliphatic heterocycles. The monoisotopic (exact) mass is 389 g/mol. The highest BCUT2D eigenvalue weighted by Gasteiger charge is 2.17. The average Bonchev–Trinajstić information content (AvgIpc) is 2.64. The fourth-order valence-corrected chi connectivity index (χ4v) is 3.61. The van der Waals surface area contributed by atoms with Gasteiger partial charge in [-0.05, 0) is 57.2 Å². The fourth-order valence-electron chi connectivity index (χ4n) is 2.56. The molecule has 0 heterocycles. The second-order valence-electron chi connectivity index (χ2n) is 6.70. The zero-order valence-corrected chi connectivity index (χ0v) is 16.8. The van der Waals surface area contributed by atoms with Crippen LogP contribution in [0.15, 0.2) is 53.4 Å². The Labute approximate surface area is 161 Å². The van der Waals surface area contributed by atoms with E-state index in [0.717, 1.165) is 24.1 Å². The number of aryl methyl sites for hydroxylation is 1. The number of carbonyl (C=O) groups is 1. The lowest BCUT2D eigenvalue weighted by Crippen LogP contribution is -2.28. The molecule has 0 aliphatic carbocycles. The second kappa shape index (κ2) is 9.64. The Hall–Kier alpha value is -2.22. The van der Waals surface area contributed by atoms with Crippen molar-refractivity contribution in [2.75, 3.05) is 27.2 Å². The first-order valence-electron chi connectivity index (χ1n) is 8.87. The summed E-state index contributed by atoms with van der Waals surface area (Å²) in [6, 6.07) is 13.9. The number of carbonyl (C=O) groups excluding carboxylic acids is 1. The Balaban J connectivity index is 2.07. The van der Waals surface area contributed by atoms with Gasteiger partial charge in [-0.3, -0.25) is 4.79 Å². The SMILES string of the molecule is Cc1ccc(S(=O)(=O)NCc2ccccc2)cc1C(=O)NCCCN(C)C. The van der Waals surface area contributed by atoms with Gasteiger partial charge in [-0.15, -0.1) is 0 Å². The van der Waals surface area contributed by atoms with Crippen molar-refractivity contribution in [3.63, 3.8) is 0 Å². The molecule has 2 N–H and O–H groups in total. The Morgan fingerprint density at radius 2 is 1.78 bits per heavy atom. The van der Waals surface area contributed by atoms with Gasteiger partial charge >= 0.3 is 0 Å². The zero-order valence-electron chi connectivity index (χ0n) is 16.0. The van der Waals surface area contributed by atoms with Gasteiger partial charge in [-0.2, -0.15) is 0 Å². The van der Waals surface area contributed by atoms with E-state index in [4.69, 9.17) is 0 Å². The van der Waals surface area contributed by atoms with E-state index in [1.165, 1.54) is 12.1 Å². The minimum Gasteiger partial charge on any atom is -0.352 e. The van der Waals surface area contributed by atoms with Gasteiger partial charge in [0.2, 0.25) is 10.0 Å². The van der Waals surface area contributed by atoms with Gasteiger partial charge in [-0.1, -0.05) is 36.4 Å². The lowest BCUT2D eigenvalue weighted by atomic mass is 10.1. The van der Waals surface area contributed by atoms with Crippen LogP contribution in [-0.4, -0.2) is 46.4 Å². The van der Waals surface area contributed by atoms with E-state index in [0.29, 0.717) is 12.1 Å². The highest BCUT2D eigenvalue weighted by molar-refractivity contribution is 7.89. The van der Waals surface area contributed by atoms with E-state index in [1.54, 1.807) is 13.0 Å². The lowest BCUT2D eigenvalue weighted by molar-refractivity contribution is 0.0951. The Morgan fingerprint density at radius 3 is 2.44 bits per heavy atom. The maximum absolute atomic E-state index is 12.6. The van der Waals surface area contributed by atoms with E-state index in [-0.39, 0.29) is 17.3 Å². The third kappa shape index (κ3) is 6.46. The Morgan fingerprint density at radius 1 is 1.07 bits per heavy atom. The smallest absolute Gasteiger partial charge is 0.251 e. The van der Waals surface area contributed by atoms with Crippen LogP contribution in [0, 0.1) is 6.92 Å². The molecule has 2 aromatic carbocycles. The van der Waals surface area contributed by atoms with Crippen molar-refractivity contribution in [1.82, 2.24) is 14.9 Å². The number of nitrogens with one attached hydrogen (secondary N) is 2. The summed E-state index contributed by atoms with van der Waals surface area (Å²) in [4.78, 5) is 14.6. The van der Waals surface area contributed by atoms with Crippen LogP contribution in [0.5, 0.6) is 0 Å². The molecular formula is C20H27N3O3S. The van der Waals surface area contributed by atoms with Crippen LogP contribution >= 0.6 is 0 Å². The molecule has 0 radical (unpaired) electrons. The molecule has 6 nitrogen and oxygen atoms in total.